The molecule has 0 radical (unpaired) electrons. The van der Waals surface area contributed by atoms with Gasteiger partial charge in [0.05, 0.1) is 5.41 Å². The van der Waals surface area contributed by atoms with Crippen molar-refractivity contribution in [2.24, 2.45) is 11.3 Å². The van der Waals surface area contributed by atoms with Crippen LogP contribution in [0.1, 0.15) is 39.2 Å². The molecule has 0 heterocycles. The monoisotopic (exact) mass is 298 g/mol. The SMILES string of the molecule is CC(C)(C)C1CC(C(=O)O)(c2ccc(OC(F)F)cc2)C1. The van der Waals surface area contributed by atoms with Gasteiger partial charge in [0.2, 0.25) is 0 Å². The Kier molecular flexibility index (Phi) is 3.95. The molecule has 1 aromatic rings. The van der Waals surface area contributed by atoms with E-state index in [-0.39, 0.29) is 11.2 Å². The van der Waals surface area contributed by atoms with E-state index in [1.807, 2.05) is 0 Å². The summed E-state index contributed by atoms with van der Waals surface area (Å²) in [5.74, 6) is -0.475. The number of carbonyl (C=O) groups is 1. The third kappa shape index (κ3) is 3.01. The molecule has 1 saturated carbocycles. The highest BCUT2D eigenvalue weighted by molar-refractivity contribution is 5.83. The fraction of sp³-hybridized carbons (Fsp3) is 0.562. The summed E-state index contributed by atoms with van der Waals surface area (Å²) in [6, 6.07) is 5.95. The third-order valence-electron chi connectivity index (χ3n) is 4.46. The predicted molar refractivity (Wildman–Crippen MR) is 74.6 cm³/mol. The maximum atomic E-state index is 12.1. The predicted octanol–water partition coefficient (Wildman–Crippen LogP) is 4.07. The van der Waals surface area contributed by atoms with Gasteiger partial charge in [-0.15, -0.1) is 0 Å². The minimum Gasteiger partial charge on any atom is -0.481 e. The van der Waals surface area contributed by atoms with Crippen LogP contribution in [0.3, 0.4) is 0 Å². The first kappa shape index (κ1) is 15.7. The van der Waals surface area contributed by atoms with Gasteiger partial charge in [0.1, 0.15) is 5.75 Å². The number of hydrogen-bond donors (Lipinski definition) is 1. The van der Waals surface area contributed by atoms with Crippen LogP contribution < -0.4 is 4.74 Å². The van der Waals surface area contributed by atoms with E-state index in [2.05, 4.69) is 25.5 Å². The van der Waals surface area contributed by atoms with Crippen LogP contribution in [0, 0.1) is 11.3 Å². The maximum Gasteiger partial charge on any atom is 0.387 e. The highest BCUT2D eigenvalue weighted by atomic mass is 19.3. The Labute approximate surface area is 122 Å². The summed E-state index contributed by atoms with van der Waals surface area (Å²) < 4.78 is 28.5. The van der Waals surface area contributed by atoms with Gasteiger partial charge in [-0.3, -0.25) is 4.79 Å². The van der Waals surface area contributed by atoms with Crippen molar-refractivity contribution in [2.75, 3.05) is 0 Å². The molecule has 1 aliphatic rings. The van der Waals surface area contributed by atoms with E-state index >= 15 is 0 Å². The number of benzene rings is 1. The number of rotatable bonds is 4. The lowest BCUT2D eigenvalue weighted by Gasteiger charge is -2.50. The van der Waals surface area contributed by atoms with Crippen molar-refractivity contribution in [3.8, 4) is 5.75 Å². The lowest BCUT2D eigenvalue weighted by Crippen LogP contribution is -2.51. The van der Waals surface area contributed by atoms with Crippen molar-refractivity contribution >= 4 is 5.97 Å². The minimum atomic E-state index is -2.88. The molecule has 0 spiro atoms. The zero-order chi connectivity index (χ0) is 15.8. The van der Waals surface area contributed by atoms with Crippen LogP contribution >= 0.6 is 0 Å². The van der Waals surface area contributed by atoms with Gasteiger partial charge >= 0.3 is 12.6 Å². The van der Waals surface area contributed by atoms with E-state index in [9.17, 15) is 18.7 Å². The fourth-order valence-corrected chi connectivity index (χ4v) is 2.88. The van der Waals surface area contributed by atoms with Gasteiger partial charge in [0, 0.05) is 0 Å². The van der Waals surface area contributed by atoms with Gasteiger partial charge in [0.25, 0.3) is 0 Å². The molecular formula is C16H20F2O3. The largest absolute Gasteiger partial charge is 0.481 e. The molecule has 1 aromatic carbocycles. The molecule has 3 nitrogen and oxygen atoms in total. The smallest absolute Gasteiger partial charge is 0.387 e. The maximum absolute atomic E-state index is 12.1. The van der Waals surface area contributed by atoms with Crippen LogP contribution in [0.5, 0.6) is 5.75 Å². The first-order valence-corrected chi connectivity index (χ1v) is 6.94. The molecule has 5 heteroatoms. The minimum absolute atomic E-state index is 0.0426. The number of halogens is 2. The number of alkyl halides is 2. The van der Waals surface area contributed by atoms with E-state index in [1.165, 1.54) is 12.1 Å². The van der Waals surface area contributed by atoms with Gasteiger partial charge < -0.3 is 9.84 Å². The molecule has 116 valence electrons. The highest BCUT2D eigenvalue weighted by Crippen LogP contribution is 2.54. The summed E-state index contributed by atoms with van der Waals surface area (Å²) in [4.78, 5) is 11.7. The molecule has 0 aromatic heterocycles. The summed E-state index contributed by atoms with van der Waals surface area (Å²) in [6.07, 6.45) is 1.14. The second-order valence-electron chi connectivity index (χ2n) is 6.76. The van der Waals surface area contributed by atoms with E-state index in [1.54, 1.807) is 12.1 Å². The number of carboxylic acid groups (broad SMARTS) is 1. The van der Waals surface area contributed by atoms with Crippen molar-refractivity contribution < 1.29 is 23.4 Å². The number of hydrogen-bond acceptors (Lipinski definition) is 2. The Bertz CT molecular complexity index is 511. The van der Waals surface area contributed by atoms with Gasteiger partial charge in [-0.05, 0) is 41.9 Å². The molecule has 21 heavy (non-hydrogen) atoms. The fourth-order valence-electron chi connectivity index (χ4n) is 2.88. The van der Waals surface area contributed by atoms with Crippen molar-refractivity contribution in [3.05, 3.63) is 29.8 Å². The van der Waals surface area contributed by atoms with E-state index in [0.717, 1.165) is 0 Å². The van der Waals surface area contributed by atoms with Crippen molar-refractivity contribution in [2.45, 2.75) is 45.6 Å². The average Bonchev–Trinajstić information content (AvgIpc) is 2.26. The molecule has 0 atom stereocenters. The Morgan fingerprint density at radius 3 is 2.19 bits per heavy atom. The summed E-state index contributed by atoms with van der Waals surface area (Å²) in [5, 5.41) is 9.58. The molecule has 1 fully saturated rings. The van der Waals surface area contributed by atoms with E-state index < -0.39 is 18.0 Å². The lowest BCUT2D eigenvalue weighted by atomic mass is 9.52. The zero-order valence-electron chi connectivity index (χ0n) is 12.4. The second kappa shape index (κ2) is 5.28. The molecule has 0 unspecified atom stereocenters. The van der Waals surface area contributed by atoms with Crippen molar-refractivity contribution in [1.29, 1.82) is 0 Å². The summed E-state index contributed by atoms with van der Waals surface area (Å²) in [7, 11) is 0. The summed E-state index contributed by atoms with van der Waals surface area (Å²) in [5.41, 5.74) is -0.184. The van der Waals surface area contributed by atoms with Crippen LogP contribution in [0.25, 0.3) is 0 Å². The third-order valence-corrected chi connectivity index (χ3v) is 4.46. The number of aliphatic carboxylic acids is 1. The Morgan fingerprint density at radius 1 is 1.29 bits per heavy atom. The van der Waals surface area contributed by atoms with Crippen molar-refractivity contribution in [1.82, 2.24) is 0 Å². The van der Waals surface area contributed by atoms with Crippen molar-refractivity contribution in [3.63, 3.8) is 0 Å². The van der Waals surface area contributed by atoms with Crippen LogP contribution in [0.2, 0.25) is 0 Å². The average molecular weight is 298 g/mol. The second-order valence-corrected chi connectivity index (χ2v) is 6.76. The topological polar surface area (TPSA) is 46.5 Å². The van der Waals surface area contributed by atoms with Crippen LogP contribution in [0.4, 0.5) is 8.78 Å². The molecule has 1 aliphatic carbocycles. The molecule has 0 saturated heterocycles. The lowest BCUT2D eigenvalue weighted by molar-refractivity contribution is -0.152. The van der Waals surface area contributed by atoms with Crippen LogP contribution in [-0.4, -0.2) is 17.7 Å². The Hall–Kier alpha value is -1.65. The van der Waals surface area contributed by atoms with Gasteiger partial charge in [-0.1, -0.05) is 32.9 Å². The van der Waals surface area contributed by atoms with Gasteiger partial charge in [0.15, 0.2) is 0 Å². The molecular weight excluding hydrogens is 278 g/mol. The molecule has 1 N–H and O–H groups in total. The Balaban J connectivity index is 2.20. The van der Waals surface area contributed by atoms with E-state index in [0.29, 0.717) is 24.3 Å². The molecule has 2 rings (SSSR count). The molecule has 0 bridgehead atoms. The molecule has 0 aliphatic heterocycles. The highest BCUT2D eigenvalue weighted by Gasteiger charge is 2.54. The summed E-state index contributed by atoms with van der Waals surface area (Å²) >= 11 is 0. The standard InChI is InChI=1S/C16H20F2O3/c1-15(2,3)11-8-16(9-11,13(19)20)10-4-6-12(7-5-10)21-14(17)18/h4-7,11,14H,8-9H2,1-3H3,(H,19,20). The van der Waals surface area contributed by atoms with Crippen LogP contribution in [0.15, 0.2) is 24.3 Å². The van der Waals surface area contributed by atoms with Crippen LogP contribution in [-0.2, 0) is 10.2 Å². The number of ether oxygens (including phenoxy) is 1. The first-order chi connectivity index (χ1) is 9.65. The Morgan fingerprint density at radius 2 is 1.81 bits per heavy atom. The summed E-state index contributed by atoms with van der Waals surface area (Å²) in [6.45, 7) is 3.42. The first-order valence-electron chi connectivity index (χ1n) is 6.94. The number of carboxylic acids is 1. The van der Waals surface area contributed by atoms with Gasteiger partial charge in [-0.25, -0.2) is 0 Å². The normalized spacial score (nSPS) is 25.5. The molecule has 0 amide bonds. The zero-order valence-corrected chi connectivity index (χ0v) is 12.4. The van der Waals surface area contributed by atoms with Gasteiger partial charge in [-0.2, -0.15) is 8.78 Å². The van der Waals surface area contributed by atoms with E-state index in [4.69, 9.17) is 0 Å². The quantitative estimate of drug-likeness (QED) is 0.911.